The summed E-state index contributed by atoms with van der Waals surface area (Å²) in [4.78, 5) is 0. The second kappa shape index (κ2) is 38.4. The summed E-state index contributed by atoms with van der Waals surface area (Å²) in [5, 5.41) is 48.3. The number of methoxy groups -OCH3 is 1. The topological polar surface area (TPSA) is 242 Å². The van der Waals surface area contributed by atoms with Crippen LogP contribution in [0.1, 0.15) is 112 Å². The maximum atomic E-state index is 14.3. The highest BCUT2D eigenvalue weighted by atomic mass is 31.2. The first kappa shape index (κ1) is 77.1. The average molecular weight is 1250 g/mol. The van der Waals surface area contributed by atoms with Gasteiger partial charge in [-0.15, -0.1) is 0 Å². The lowest BCUT2D eigenvalue weighted by atomic mass is 9.79. The molecule has 0 aromatic carbocycles. The molecule has 0 aromatic heterocycles. The summed E-state index contributed by atoms with van der Waals surface area (Å²) in [6.45, 7) is 27.9. The number of nitrogens with zero attached hydrogens (tertiary/aromatic N) is 1. The van der Waals surface area contributed by atoms with Crippen molar-refractivity contribution in [3.63, 3.8) is 0 Å². The lowest BCUT2D eigenvalue weighted by Gasteiger charge is -2.44. The van der Waals surface area contributed by atoms with E-state index in [1.54, 1.807) is 48.4 Å². The molecule has 24 atom stereocenters. The zero-order valence-corrected chi connectivity index (χ0v) is 55.1. The van der Waals surface area contributed by atoms with Gasteiger partial charge >= 0.3 is 0 Å². The van der Waals surface area contributed by atoms with E-state index >= 15 is 0 Å². The molecule has 0 bridgehead atoms. The lowest BCUT2D eigenvalue weighted by molar-refractivity contribution is -0.207. The number of halogens is 6. The van der Waals surface area contributed by atoms with Crippen molar-refractivity contribution in [2.24, 2.45) is 59.2 Å². The van der Waals surface area contributed by atoms with E-state index in [2.05, 4.69) is 5.11 Å². The van der Waals surface area contributed by atoms with Crippen LogP contribution in [0.15, 0.2) is 0 Å². The van der Waals surface area contributed by atoms with E-state index in [0.717, 1.165) is 0 Å². The lowest BCUT2D eigenvalue weighted by Crippen LogP contribution is -2.57. The Morgan fingerprint density at radius 2 is 1.05 bits per heavy atom. The van der Waals surface area contributed by atoms with E-state index in [4.69, 9.17) is 65.6 Å². The van der Waals surface area contributed by atoms with Gasteiger partial charge in [0.05, 0.1) is 95.4 Å². The Kier molecular flexibility index (Phi) is 36.1. The number of hydrogen-bond acceptors (Lipinski definition) is 17. The van der Waals surface area contributed by atoms with Gasteiger partial charge in [-0.3, -0.25) is 0 Å². The Hall–Kier alpha value is -1.03. The smallest absolute Gasteiger partial charge is 0.264 e. The minimum absolute atomic E-state index is 0.00333. The molecule has 1 unspecified atom stereocenters. The molecule has 6 fully saturated rings. The first-order valence-electron chi connectivity index (χ1n) is 29.5. The largest absolute Gasteiger partial charge is 0.400 e. The third-order valence-electron chi connectivity index (χ3n) is 16.9. The molecule has 6 aliphatic heterocycles. The van der Waals surface area contributed by atoms with Crippen molar-refractivity contribution >= 4 is 27.2 Å². The maximum Gasteiger partial charge on any atom is 0.264 e. The minimum atomic E-state index is -1.31. The molecule has 0 spiro atoms. The fourth-order valence-corrected chi connectivity index (χ4v) is 12.5. The number of alkyl halides is 6. The average Bonchev–Trinajstić information content (AvgIpc) is 3.60. The molecule has 6 saturated heterocycles. The van der Waals surface area contributed by atoms with Crippen LogP contribution in [-0.2, 0) is 51.1 Å². The quantitative estimate of drug-likeness (QED) is 0.0510. The van der Waals surface area contributed by atoms with Gasteiger partial charge in [-0.2, -0.15) is 5.26 Å². The zero-order valence-electron chi connectivity index (χ0n) is 53.9. The van der Waals surface area contributed by atoms with Gasteiger partial charge in [0.25, 0.3) is 18.8 Å². The van der Waals surface area contributed by atoms with Crippen molar-refractivity contribution in [1.29, 1.82) is 6.69 Å². The fourth-order valence-electron chi connectivity index (χ4n) is 9.74. The molecule has 0 aromatic rings. The summed E-state index contributed by atoms with van der Waals surface area (Å²) in [5.74, 6) is -1.73. The number of ether oxygens (including phenoxy) is 7. The molecule has 6 aliphatic rings. The molecule has 0 aliphatic carbocycles. The van der Waals surface area contributed by atoms with Gasteiger partial charge in [-0.05, 0) is 34.6 Å². The van der Waals surface area contributed by atoms with Crippen LogP contribution in [0.2, 0.25) is 12.1 Å². The van der Waals surface area contributed by atoms with Crippen molar-refractivity contribution < 1.29 is 104 Å². The zero-order chi connectivity index (χ0) is 65.1. The van der Waals surface area contributed by atoms with Crippen molar-refractivity contribution in [3.8, 4) is 6.07 Å². The Labute approximate surface area is 494 Å². The summed E-state index contributed by atoms with van der Waals surface area (Å²) in [5.41, 5.74) is -4.19. The highest BCUT2D eigenvalue weighted by molar-refractivity contribution is 7.46. The van der Waals surface area contributed by atoms with Gasteiger partial charge in [-0.25, -0.2) is 26.3 Å². The fraction of sp³-hybridized carbons (Fsp3) is 0.982. The van der Waals surface area contributed by atoms with E-state index in [1.807, 2.05) is 61.5 Å². The van der Waals surface area contributed by atoms with Crippen LogP contribution in [0.4, 0.5) is 26.3 Å². The Morgan fingerprint density at radius 3 is 1.46 bits per heavy atom. The van der Waals surface area contributed by atoms with Crippen molar-refractivity contribution in [2.75, 3.05) is 87.0 Å². The van der Waals surface area contributed by atoms with Crippen LogP contribution in [0.3, 0.4) is 0 Å². The molecule has 486 valence electrons. The van der Waals surface area contributed by atoms with E-state index in [1.165, 1.54) is 14.0 Å². The third kappa shape index (κ3) is 23.2. The molecule has 6 heterocycles. The van der Waals surface area contributed by atoms with Crippen molar-refractivity contribution in [1.82, 2.24) is 0 Å². The van der Waals surface area contributed by atoms with Crippen LogP contribution in [0.25, 0.3) is 0 Å². The van der Waals surface area contributed by atoms with E-state index in [-0.39, 0.29) is 113 Å². The molecular formula is C56H106F6NO16PSi2. The van der Waals surface area contributed by atoms with Gasteiger partial charge in [0, 0.05) is 93.5 Å². The third-order valence-corrected chi connectivity index (χ3v) is 19.9. The van der Waals surface area contributed by atoms with E-state index < -0.39 is 110 Å². The molecule has 5 N–H and O–H groups in total. The Balaban J connectivity index is 0.000000982. The van der Waals surface area contributed by atoms with Crippen LogP contribution in [-0.4, -0.2) is 216 Å². The monoisotopic (exact) mass is 1250 g/mol. The summed E-state index contributed by atoms with van der Waals surface area (Å²) in [6.07, 6.45) is -8.07. The molecule has 0 saturated carbocycles. The minimum Gasteiger partial charge on any atom is -0.400 e. The van der Waals surface area contributed by atoms with Crippen LogP contribution >= 0.6 is 8.38 Å². The SMILES string of the molecule is CO[C@H]1OC[C@H](C)[C@H](F)[C@@H]1C.C[C@@H]1CO[C@](C)(CO)[C@@H](O)[C@H]1F.C[C@@H]1CO[C@](C)(C[SiH]=O)[C@@H](C)[C@H]1F.C[C@H]1COC(CO)(CO)[C@@H](C)[C@H]1F.C[C@H]1CO[C@](C)(C[SiH]=O)[C@@H](C)[C@H]1F.[2H]C[C@@]1(C)OC[C@@H](C)[C@H](F)[C@@H]1OP(C)OCCC#N.[3H]OC. The van der Waals surface area contributed by atoms with Gasteiger partial charge in [-0.1, -0.05) is 69.2 Å². The molecular weight excluding hydrogens is 1140 g/mol. The standard InChI is InChI=1S/C12H21FNO3P.C9H17FO3.2C9H17FO2Si.C8H15FO3.C8H15FO2.CH4O/c1-9-8-15-12(2,3)11(10(9)13)17-18(4)16-7-5-6-14;1-6-3-13-9(4-11,5-12)7(2)8(6)10;2*1-6-4-12-9(3,5-13-11)7(2)8(6)10;1-5-3-12-8(2,4-10)7(11)6(5)9;1-5-4-11-8(10-3)6(2)7(5)9;1-2/h9-11H,5,7-8H2,1-4H3;6-8,11-12H,3-5H2,1-2H3;2*6-8,13H,4-5H2,1-3H3;5-7,10-11H,3-4H2,1-2H3;5-8H,4H2,1-3H3;2H,1H3/t9-,10+,11+,18?;6-,7-,8-;6-,7+,8+,9-;6-,7-,8-,9+;5-,6+,7+,8-;5-,6-,7-,8-;/m101010./s1/i2D;;;;;;2T/t9-,10+,11+,12+,18?;;;;;;. The molecule has 26 heteroatoms. The molecule has 0 radical (unpaired) electrons. The highest BCUT2D eigenvalue weighted by Gasteiger charge is 2.50. The molecule has 17 nitrogen and oxygen atoms in total. The number of aliphatic hydroxyl groups is 5. The predicted octanol–water partition coefficient (Wildman–Crippen LogP) is 7.86. The van der Waals surface area contributed by atoms with Crippen molar-refractivity contribution in [2.45, 2.75) is 206 Å². The summed E-state index contributed by atoms with van der Waals surface area (Å²) >= 11 is 0. The molecule has 6 rings (SSSR count). The van der Waals surface area contributed by atoms with Gasteiger partial charge in [0.1, 0.15) is 60.4 Å². The number of nitriles is 1. The normalized spacial score (nSPS) is 42.9. The van der Waals surface area contributed by atoms with Crippen LogP contribution in [0.5, 0.6) is 0 Å². The highest BCUT2D eigenvalue weighted by Crippen LogP contribution is 2.44. The number of aliphatic hydroxyl groups excluding tert-OH is 5. The summed E-state index contributed by atoms with van der Waals surface area (Å²) < 4.78 is 164. The van der Waals surface area contributed by atoms with Gasteiger partial charge < -0.3 is 76.7 Å². The van der Waals surface area contributed by atoms with E-state index in [9.17, 15) is 40.4 Å². The summed E-state index contributed by atoms with van der Waals surface area (Å²) in [6, 6.07) is 2.95. The van der Waals surface area contributed by atoms with Gasteiger partial charge in [0.2, 0.25) is 1.43 Å². The number of hydrogen-bond donors (Lipinski definition) is 5. The first-order valence-corrected chi connectivity index (χ1v) is 32.6. The van der Waals surface area contributed by atoms with Crippen LogP contribution in [0, 0.1) is 70.5 Å². The van der Waals surface area contributed by atoms with Crippen LogP contribution < -0.4 is 0 Å². The second-order valence-corrected chi connectivity index (χ2v) is 26.8. The number of rotatable bonds is 13. The Morgan fingerprint density at radius 1 is 0.646 bits per heavy atom. The maximum absolute atomic E-state index is 14.3. The predicted molar refractivity (Wildman–Crippen MR) is 304 cm³/mol. The van der Waals surface area contributed by atoms with E-state index in [0.29, 0.717) is 38.5 Å². The van der Waals surface area contributed by atoms with Gasteiger partial charge in [0.15, 0.2) is 14.7 Å². The summed E-state index contributed by atoms with van der Waals surface area (Å²) in [7, 11) is -0.157. The molecule has 0 amide bonds. The second-order valence-electron chi connectivity index (χ2n) is 23.9. The first-order chi connectivity index (χ1) is 39.1. The molecule has 82 heavy (non-hydrogen) atoms. The van der Waals surface area contributed by atoms with Crippen molar-refractivity contribution in [3.05, 3.63) is 0 Å². The Bertz CT molecular complexity index is 1820.